The van der Waals surface area contributed by atoms with Gasteiger partial charge in [0.05, 0.1) is 0 Å². The molecule has 0 saturated heterocycles. The SMILES string of the molecule is C=C1Oc2ccc(Cl)cc2O1. The van der Waals surface area contributed by atoms with Gasteiger partial charge < -0.3 is 9.47 Å². The van der Waals surface area contributed by atoms with E-state index in [0.29, 0.717) is 22.5 Å². The summed E-state index contributed by atoms with van der Waals surface area (Å²) in [5.41, 5.74) is 0. The van der Waals surface area contributed by atoms with E-state index in [1.807, 2.05) is 0 Å². The molecule has 0 N–H and O–H groups in total. The predicted octanol–water partition coefficient (Wildman–Crippen LogP) is 2.58. The molecule has 0 atom stereocenters. The molecular formula is C8H5ClO2. The predicted molar refractivity (Wildman–Crippen MR) is 41.8 cm³/mol. The van der Waals surface area contributed by atoms with Gasteiger partial charge in [0.1, 0.15) is 0 Å². The lowest BCUT2D eigenvalue weighted by atomic mass is 10.3. The Labute approximate surface area is 69.0 Å². The summed E-state index contributed by atoms with van der Waals surface area (Å²) in [6, 6.07) is 5.17. The van der Waals surface area contributed by atoms with Crippen LogP contribution in [0.5, 0.6) is 11.5 Å². The third-order valence-corrected chi connectivity index (χ3v) is 1.59. The third-order valence-electron chi connectivity index (χ3n) is 1.35. The molecule has 0 bridgehead atoms. The van der Waals surface area contributed by atoms with Gasteiger partial charge in [0, 0.05) is 11.1 Å². The van der Waals surface area contributed by atoms with Gasteiger partial charge in [-0.2, -0.15) is 0 Å². The highest BCUT2D eigenvalue weighted by Gasteiger charge is 2.16. The number of hydrogen-bond acceptors (Lipinski definition) is 2. The lowest BCUT2D eigenvalue weighted by Gasteiger charge is -1.92. The summed E-state index contributed by atoms with van der Waals surface area (Å²) < 4.78 is 10.2. The molecule has 2 rings (SSSR count). The van der Waals surface area contributed by atoms with Gasteiger partial charge >= 0.3 is 0 Å². The minimum absolute atomic E-state index is 0.294. The molecule has 1 aromatic rings. The van der Waals surface area contributed by atoms with E-state index in [1.165, 1.54) is 0 Å². The molecule has 0 aliphatic carbocycles. The standard InChI is InChI=1S/C8H5ClO2/c1-5-10-7-3-2-6(9)4-8(7)11-5/h2-4H,1H2. The third kappa shape index (κ3) is 1.05. The normalized spacial score (nSPS) is 13.7. The van der Waals surface area contributed by atoms with Gasteiger partial charge in [-0.05, 0) is 18.7 Å². The van der Waals surface area contributed by atoms with E-state index >= 15 is 0 Å². The van der Waals surface area contributed by atoms with Gasteiger partial charge in [-0.3, -0.25) is 0 Å². The van der Waals surface area contributed by atoms with Crippen molar-refractivity contribution in [2.24, 2.45) is 0 Å². The first-order valence-corrected chi connectivity index (χ1v) is 3.48. The molecule has 1 heterocycles. The maximum Gasteiger partial charge on any atom is 0.282 e. The molecule has 0 radical (unpaired) electrons. The van der Waals surface area contributed by atoms with Gasteiger partial charge in [0.15, 0.2) is 11.5 Å². The van der Waals surface area contributed by atoms with Gasteiger partial charge in [-0.1, -0.05) is 11.6 Å². The lowest BCUT2D eigenvalue weighted by Crippen LogP contribution is -1.88. The fourth-order valence-corrected chi connectivity index (χ4v) is 1.07. The van der Waals surface area contributed by atoms with Crippen LogP contribution in [0.4, 0.5) is 0 Å². The number of ether oxygens (including phenoxy) is 2. The zero-order chi connectivity index (χ0) is 7.84. The van der Waals surface area contributed by atoms with Crippen LogP contribution in [-0.4, -0.2) is 0 Å². The first kappa shape index (κ1) is 6.55. The molecule has 0 aromatic heterocycles. The molecule has 0 unspecified atom stereocenters. The number of fused-ring (bicyclic) bond motifs is 1. The summed E-state index contributed by atoms with van der Waals surface area (Å²) in [5, 5.41) is 0.627. The average Bonchev–Trinajstić information content (AvgIpc) is 2.27. The van der Waals surface area contributed by atoms with E-state index in [2.05, 4.69) is 6.58 Å². The van der Waals surface area contributed by atoms with E-state index in [9.17, 15) is 0 Å². The fraction of sp³-hybridized carbons (Fsp3) is 0. The Morgan fingerprint density at radius 1 is 1.18 bits per heavy atom. The lowest BCUT2D eigenvalue weighted by molar-refractivity contribution is 0.290. The van der Waals surface area contributed by atoms with Crippen LogP contribution >= 0.6 is 11.6 Å². The number of halogens is 1. The second kappa shape index (κ2) is 2.17. The first-order valence-electron chi connectivity index (χ1n) is 3.10. The van der Waals surface area contributed by atoms with Crippen LogP contribution in [0.2, 0.25) is 5.02 Å². The van der Waals surface area contributed by atoms with E-state index in [4.69, 9.17) is 21.1 Å². The monoisotopic (exact) mass is 168 g/mol. The summed E-state index contributed by atoms with van der Waals surface area (Å²) in [4.78, 5) is 0. The second-order valence-electron chi connectivity index (χ2n) is 2.17. The van der Waals surface area contributed by atoms with Crippen molar-refractivity contribution in [1.82, 2.24) is 0 Å². The molecular weight excluding hydrogens is 164 g/mol. The van der Waals surface area contributed by atoms with Crippen molar-refractivity contribution < 1.29 is 9.47 Å². The summed E-state index contributed by atoms with van der Waals surface area (Å²) in [6.07, 6.45) is 0. The van der Waals surface area contributed by atoms with Crippen molar-refractivity contribution in [2.75, 3.05) is 0 Å². The van der Waals surface area contributed by atoms with Crippen molar-refractivity contribution >= 4 is 11.6 Å². The van der Waals surface area contributed by atoms with Crippen LogP contribution in [0.3, 0.4) is 0 Å². The molecule has 1 aliphatic rings. The van der Waals surface area contributed by atoms with Crippen molar-refractivity contribution in [1.29, 1.82) is 0 Å². The minimum atomic E-state index is 0.294. The topological polar surface area (TPSA) is 18.5 Å². The molecule has 3 heteroatoms. The van der Waals surface area contributed by atoms with Crippen molar-refractivity contribution in [3.8, 4) is 11.5 Å². The summed E-state index contributed by atoms with van der Waals surface area (Å²) in [6.45, 7) is 3.51. The molecule has 0 amide bonds. The molecule has 11 heavy (non-hydrogen) atoms. The Morgan fingerprint density at radius 3 is 2.73 bits per heavy atom. The zero-order valence-electron chi connectivity index (χ0n) is 5.63. The van der Waals surface area contributed by atoms with E-state index < -0.39 is 0 Å². The van der Waals surface area contributed by atoms with Crippen LogP contribution < -0.4 is 9.47 Å². The van der Waals surface area contributed by atoms with E-state index in [-0.39, 0.29) is 0 Å². The highest BCUT2D eigenvalue weighted by atomic mass is 35.5. The molecule has 0 spiro atoms. The van der Waals surface area contributed by atoms with E-state index in [0.717, 1.165) is 0 Å². The Morgan fingerprint density at radius 2 is 1.91 bits per heavy atom. The van der Waals surface area contributed by atoms with Crippen LogP contribution in [0.15, 0.2) is 30.7 Å². The summed E-state index contributed by atoms with van der Waals surface area (Å²) >= 11 is 5.71. The Balaban J connectivity index is 2.51. The molecule has 1 aliphatic heterocycles. The van der Waals surface area contributed by atoms with Crippen molar-refractivity contribution in [3.63, 3.8) is 0 Å². The summed E-state index contributed by atoms with van der Waals surface area (Å²) in [5.74, 6) is 1.59. The fourth-order valence-electron chi connectivity index (χ4n) is 0.912. The maximum atomic E-state index is 5.71. The molecule has 2 nitrogen and oxygen atoms in total. The van der Waals surface area contributed by atoms with E-state index in [1.54, 1.807) is 18.2 Å². The van der Waals surface area contributed by atoms with Crippen LogP contribution in [-0.2, 0) is 0 Å². The quantitative estimate of drug-likeness (QED) is 0.593. The highest BCUT2D eigenvalue weighted by Crippen LogP contribution is 2.37. The Hall–Kier alpha value is -1.15. The molecule has 1 aromatic carbocycles. The largest absolute Gasteiger partial charge is 0.422 e. The first-order chi connectivity index (χ1) is 5.25. The maximum absolute atomic E-state index is 5.71. The molecule has 0 saturated carbocycles. The van der Waals surface area contributed by atoms with Gasteiger partial charge in [-0.15, -0.1) is 0 Å². The Kier molecular flexibility index (Phi) is 1.29. The number of hydrogen-bond donors (Lipinski definition) is 0. The van der Waals surface area contributed by atoms with Crippen LogP contribution in [0, 0.1) is 0 Å². The van der Waals surface area contributed by atoms with Gasteiger partial charge in [0.2, 0.25) is 0 Å². The van der Waals surface area contributed by atoms with Crippen LogP contribution in [0.25, 0.3) is 0 Å². The van der Waals surface area contributed by atoms with Gasteiger partial charge in [0.25, 0.3) is 5.95 Å². The number of rotatable bonds is 0. The number of benzene rings is 1. The van der Waals surface area contributed by atoms with Crippen molar-refractivity contribution in [3.05, 3.63) is 35.7 Å². The van der Waals surface area contributed by atoms with Crippen LogP contribution in [0.1, 0.15) is 0 Å². The minimum Gasteiger partial charge on any atom is -0.422 e. The summed E-state index contributed by atoms with van der Waals surface area (Å²) in [7, 11) is 0. The zero-order valence-corrected chi connectivity index (χ0v) is 6.39. The average molecular weight is 169 g/mol. The second-order valence-corrected chi connectivity index (χ2v) is 2.60. The Bertz CT molecular complexity index is 320. The molecule has 56 valence electrons. The van der Waals surface area contributed by atoms with Gasteiger partial charge in [-0.25, -0.2) is 0 Å². The van der Waals surface area contributed by atoms with Crippen molar-refractivity contribution in [2.45, 2.75) is 0 Å². The smallest absolute Gasteiger partial charge is 0.282 e. The molecule has 0 fully saturated rings. The highest BCUT2D eigenvalue weighted by molar-refractivity contribution is 6.30.